The average Bonchev–Trinajstić information content (AvgIpc) is 2.95. The number of carboxylic acid groups (broad SMARTS) is 1. The van der Waals surface area contributed by atoms with Crippen LogP contribution in [-0.2, 0) is 0 Å². The molecule has 84 valence electrons. The lowest BCUT2D eigenvalue weighted by Crippen LogP contribution is -2.01. The number of para-hydroxylation sites is 1. The third kappa shape index (κ3) is 1.46. The molecule has 1 aromatic carbocycles. The maximum absolute atomic E-state index is 10.7. The Kier molecular flexibility index (Phi) is 1.94. The van der Waals surface area contributed by atoms with Gasteiger partial charge in [-0.25, -0.2) is 9.48 Å². The molecule has 0 spiro atoms. The molecule has 2 aromatic heterocycles. The molecule has 0 aliphatic rings. The van der Waals surface area contributed by atoms with Gasteiger partial charge in [-0.1, -0.05) is 12.1 Å². The number of aromatic amines is 1. The second-order valence-electron chi connectivity index (χ2n) is 3.54. The van der Waals surface area contributed by atoms with E-state index in [9.17, 15) is 4.79 Å². The summed E-state index contributed by atoms with van der Waals surface area (Å²) < 4.78 is 1.45. The third-order valence-corrected chi connectivity index (χ3v) is 2.48. The number of nitrogens with zero attached hydrogens (tertiary/aromatic N) is 3. The van der Waals surface area contributed by atoms with Gasteiger partial charge in [0.15, 0.2) is 11.5 Å². The fourth-order valence-corrected chi connectivity index (χ4v) is 1.68. The van der Waals surface area contributed by atoms with E-state index in [0.29, 0.717) is 5.82 Å². The van der Waals surface area contributed by atoms with Crippen molar-refractivity contribution in [3.05, 3.63) is 42.2 Å². The predicted molar refractivity (Wildman–Crippen MR) is 60.2 cm³/mol. The Morgan fingerprint density at radius 3 is 2.88 bits per heavy atom. The number of carboxylic acids is 1. The summed E-state index contributed by atoms with van der Waals surface area (Å²) in [5.41, 5.74) is 0.881. The molecule has 2 heterocycles. The Hall–Kier alpha value is -2.63. The lowest BCUT2D eigenvalue weighted by molar-refractivity contribution is 0.0690. The Labute approximate surface area is 95.5 Å². The van der Waals surface area contributed by atoms with Gasteiger partial charge in [0.25, 0.3) is 0 Å². The van der Waals surface area contributed by atoms with Crippen LogP contribution in [0.15, 0.2) is 36.5 Å². The zero-order chi connectivity index (χ0) is 11.8. The fraction of sp³-hybridized carbons (Fsp3) is 0. The Bertz CT molecular complexity index is 698. The molecule has 0 unspecified atom stereocenters. The number of carbonyl (C=O) groups is 1. The van der Waals surface area contributed by atoms with E-state index in [1.165, 1.54) is 10.7 Å². The molecule has 6 heteroatoms. The second-order valence-corrected chi connectivity index (χ2v) is 3.54. The number of nitrogens with one attached hydrogen (secondary N) is 1. The summed E-state index contributed by atoms with van der Waals surface area (Å²) in [4.78, 5) is 10.7. The molecule has 0 radical (unpaired) electrons. The lowest BCUT2D eigenvalue weighted by atomic mass is 10.2. The summed E-state index contributed by atoms with van der Waals surface area (Å²) in [5.74, 6) is -0.461. The van der Waals surface area contributed by atoms with Gasteiger partial charge in [0.1, 0.15) is 0 Å². The summed E-state index contributed by atoms with van der Waals surface area (Å²) in [6.45, 7) is 0. The molecule has 17 heavy (non-hydrogen) atoms. The van der Waals surface area contributed by atoms with Crippen LogP contribution in [0.1, 0.15) is 10.5 Å². The molecule has 2 N–H and O–H groups in total. The van der Waals surface area contributed by atoms with Crippen LogP contribution in [0.4, 0.5) is 0 Å². The number of aromatic carboxylic acids is 1. The first-order valence-corrected chi connectivity index (χ1v) is 4.98. The molecule has 0 fully saturated rings. The molecule has 0 amide bonds. The van der Waals surface area contributed by atoms with Crippen molar-refractivity contribution in [2.24, 2.45) is 0 Å². The van der Waals surface area contributed by atoms with Crippen molar-refractivity contribution in [3.8, 4) is 5.82 Å². The minimum Gasteiger partial charge on any atom is -0.476 e. The summed E-state index contributed by atoms with van der Waals surface area (Å²) in [7, 11) is 0. The van der Waals surface area contributed by atoms with Gasteiger partial charge in [0.2, 0.25) is 0 Å². The van der Waals surface area contributed by atoms with Crippen LogP contribution in [0.3, 0.4) is 0 Å². The van der Waals surface area contributed by atoms with Gasteiger partial charge in [-0.2, -0.15) is 10.2 Å². The average molecular weight is 228 g/mol. The smallest absolute Gasteiger partial charge is 0.356 e. The molecule has 0 saturated carbocycles. The highest BCUT2D eigenvalue weighted by Gasteiger charge is 2.11. The van der Waals surface area contributed by atoms with E-state index >= 15 is 0 Å². The van der Waals surface area contributed by atoms with Crippen LogP contribution in [0.2, 0.25) is 0 Å². The topological polar surface area (TPSA) is 83.8 Å². The first-order chi connectivity index (χ1) is 8.25. The first-order valence-electron chi connectivity index (χ1n) is 4.98. The number of hydrogen-bond acceptors (Lipinski definition) is 3. The highest BCUT2D eigenvalue weighted by Crippen LogP contribution is 2.18. The number of aromatic nitrogens is 4. The molecular formula is C11H8N4O2. The van der Waals surface area contributed by atoms with Crippen molar-refractivity contribution in [1.29, 1.82) is 0 Å². The Morgan fingerprint density at radius 1 is 1.29 bits per heavy atom. The van der Waals surface area contributed by atoms with Crippen molar-refractivity contribution in [2.45, 2.75) is 0 Å². The largest absolute Gasteiger partial charge is 0.476 e. The fourth-order valence-electron chi connectivity index (χ4n) is 1.68. The minimum absolute atomic E-state index is 0.00270. The summed E-state index contributed by atoms with van der Waals surface area (Å²) >= 11 is 0. The normalized spacial score (nSPS) is 10.8. The molecule has 0 aliphatic carbocycles. The number of hydrogen-bond donors (Lipinski definition) is 2. The van der Waals surface area contributed by atoms with E-state index in [-0.39, 0.29) is 5.69 Å². The van der Waals surface area contributed by atoms with Gasteiger partial charge >= 0.3 is 5.97 Å². The van der Waals surface area contributed by atoms with Gasteiger partial charge in [-0.15, -0.1) is 0 Å². The van der Waals surface area contributed by atoms with Crippen LogP contribution in [0.25, 0.3) is 16.7 Å². The predicted octanol–water partition coefficient (Wildman–Crippen LogP) is 1.45. The van der Waals surface area contributed by atoms with Gasteiger partial charge in [-0.05, 0) is 18.2 Å². The molecule has 0 bridgehead atoms. The second kappa shape index (κ2) is 3.44. The Balaban J connectivity index is 2.17. The molecule has 0 atom stereocenters. The van der Waals surface area contributed by atoms with E-state index in [4.69, 9.17) is 5.11 Å². The maximum atomic E-state index is 10.7. The quantitative estimate of drug-likeness (QED) is 0.695. The zero-order valence-corrected chi connectivity index (χ0v) is 8.66. The maximum Gasteiger partial charge on any atom is 0.356 e. The number of rotatable bonds is 2. The van der Waals surface area contributed by atoms with E-state index in [1.54, 1.807) is 6.20 Å². The van der Waals surface area contributed by atoms with Gasteiger partial charge in [-0.3, -0.25) is 5.10 Å². The van der Waals surface area contributed by atoms with Crippen LogP contribution in [0, 0.1) is 0 Å². The van der Waals surface area contributed by atoms with Crippen molar-refractivity contribution >= 4 is 16.9 Å². The van der Waals surface area contributed by atoms with E-state index in [0.717, 1.165) is 10.9 Å². The van der Waals surface area contributed by atoms with Crippen LogP contribution >= 0.6 is 0 Å². The van der Waals surface area contributed by atoms with Crippen LogP contribution in [0.5, 0.6) is 0 Å². The molecule has 6 nitrogen and oxygen atoms in total. The standard InChI is InChI=1S/C11H8N4O2/c16-11(17)9-5-6-15(14-9)10-7-3-1-2-4-8(7)12-13-10/h1-6H,(H,12,13)(H,16,17). The molecule has 0 saturated heterocycles. The minimum atomic E-state index is -1.05. The van der Waals surface area contributed by atoms with Crippen molar-refractivity contribution in [2.75, 3.05) is 0 Å². The van der Waals surface area contributed by atoms with Gasteiger partial charge in [0, 0.05) is 11.6 Å². The molecular weight excluding hydrogens is 220 g/mol. The molecule has 3 aromatic rings. The van der Waals surface area contributed by atoms with Crippen molar-refractivity contribution in [3.63, 3.8) is 0 Å². The lowest BCUT2D eigenvalue weighted by Gasteiger charge is -1.95. The third-order valence-electron chi connectivity index (χ3n) is 2.48. The number of benzene rings is 1. The van der Waals surface area contributed by atoms with Gasteiger partial charge < -0.3 is 5.11 Å². The summed E-state index contributed by atoms with van der Waals surface area (Å²) in [5, 5.41) is 20.6. The number of H-pyrrole nitrogens is 1. The SMILES string of the molecule is O=C(O)c1ccn(-c2n[nH]c3ccccc23)n1. The Morgan fingerprint density at radius 2 is 2.12 bits per heavy atom. The summed E-state index contributed by atoms with van der Waals surface area (Å²) in [6.07, 6.45) is 1.58. The van der Waals surface area contributed by atoms with E-state index < -0.39 is 5.97 Å². The van der Waals surface area contributed by atoms with Crippen LogP contribution < -0.4 is 0 Å². The van der Waals surface area contributed by atoms with Crippen LogP contribution in [-0.4, -0.2) is 31.1 Å². The van der Waals surface area contributed by atoms with E-state index in [2.05, 4.69) is 15.3 Å². The first kappa shape index (κ1) is 9.59. The van der Waals surface area contributed by atoms with E-state index in [1.807, 2.05) is 24.3 Å². The summed E-state index contributed by atoms with van der Waals surface area (Å²) in [6, 6.07) is 9.02. The van der Waals surface area contributed by atoms with Gasteiger partial charge in [0.05, 0.1) is 5.52 Å². The van der Waals surface area contributed by atoms with Crippen molar-refractivity contribution in [1.82, 2.24) is 20.0 Å². The monoisotopic (exact) mass is 228 g/mol. The molecule has 0 aliphatic heterocycles. The highest BCUT2D eigenvalue weighted by atomic mass is 16.4. The highest BCUT2D eigenvalue weighted by molar-refractivity contribution is 5.87. The number of fused-ring (bicyclic) bond motifs is 1. The zero-order valence-electron chi connectivity index (χ0n) is 8.66. The molecule has 3 rings (SSSR count). The van der Waals surface area contributed by atoms with Crippen molar-refractivity contribution < 1.29 is 9.90 Å².